The Kier molecular flexibility index (Phi) is 3.72. The Hall–Kier alpha value is -1.68. The van der Waals surface area contributed by atoms with Crippen molar-refractivity contribution in [3.63, 3.8) is 0 Å². The molecule has 2 aromatic rings. The molecular formula is C19H23FN2O. The summed E-state index contributed by atoms with van der Waals surface area (Å²) in [5.74, 6) is 0.929. The molecule has 1 aliphatic heterocycles. The van der Waals surface area contributed by atoms with E-state index >= 15 is 0 Å². The van der Waals surface area contributed by atoms with Crippen LogP contribution in [0.5, 0.6) is 0 Å². The molecule has 1 saturated carbocycles. The number of nitrogens with zero attached hydrogens (tertiary/aromatic N) is 2. The number of imidazole rings is 1. The molecule has 1 aliphatic carbocycles. The number of aromatic nitrogens is 2. The first-order chi connectivity index (χ1) is 11.1. The summed E-state index contributed by atoms with van der Waals surface area (Å²) in [4.78, 5) is 4.21. The van der Waals surface area contributed by atoms with E-state index < -0.39 is 0 Å². The van der Waals surface area contributed by atoms with Crippen LogP contribution in [0.2, 0.25) is 0 Å². The van der Waals surface area contributed by atoms with Gasteiger partial charge in [0.2, 0.25) is 0 Å². The molecule has 0 saturated heterocycles. The van der Waals surface area contributed by atoms with Gasteiger partial charge in [-0.3, -0.25) is 0 Å². The smallest absolute Gasteiger partial charge is 0.129 e. The highest BCUT2D eigenvalue weighted by atomic mass is 19.1. The van der Waals surface area contributed by atoms with Crippen molar-refractivity contribution in [1.29, 1.82) is 0 Å². The molecule has 1 aromatic carbocycles. The zero-order valence-electron chi connectivity index (χ0n) is 13.5. The average Bonchev–Trinajstić information content (AvgIpc) is 3.12. The van der Waals surface area contributed by atoms with Crippen LogP contribution in [-0.4, -0.2) is 20.8 Å². The lowest BCUT2D eigenvalue weighted by atomic mass is 9.78. The number of rotatable bonds is 3. The van der Waals surface area contributed by atoms with Crippen molar-refractivity contribution in [2.45, 2.75) is 51.2 Å². The third-order valence-corrected chi connectivity index (χ3v) is 5.73. The molecule has 2 atom stereocenters. The summed E-state index contributed by atoms with van der Waals surface area (Å²) in [5.41, 5.74) is 2.58. The molecule has 1 aromatic heterocycles. The van der Waals surface area contributed by atoms with Gasteiger partial charge >= 0.3 is 0 Å². The fourth-order valence-electron chi connectivity index (χ4n) is 4.32. The Balaban J connectivity index is 1.60. The van der Waals surface area contributed by atoms with E-state index in [-0.39, 0.29) is 18.0 Å². The van der Waals surface area contributed by atoms with Crippen LogP contribution in [0.4, 0.5) is 4.39 Å². The minimum atomic E-state index is -0.381. The van der Waals surface area contributed by atoms with Gasteiger partial charge in [0.15, 0.2) is 0 Å². The summed E-state index contributed by atoms with van der Waals surface area (Å²) in [6, 6.07) is 5.06. The predicted molar refractivity (Wildman–Crippen MR) is 87.5 cm³/mol. The van der Waals surface area contributed by atoms with Crippen LogP contribution >= 0.6 is 0 Å². The normalized spacial score (nSPS) is 27.5. The zero-order valence-corrected chi connectivity index (χ0v) is 13.5. The molecule has 3 nitrogen and oxygen atoms in total. The third-order valence-electron chi connectivity index (χ3n) is 5.73. The van der Waals surface area contributed by atoms with Gasteiger partial charge in [0.25, 0.3) is 0 Å². The predicted octanol–water partition coefficient (Wildman–Crippen LogP) is 4.17. The molecule has 4 rings (SSSR count). The highest BCUT2D eigenvalue weighted by Crippen LogP contribution is 2.44. The monoisotopic (exact) mass is 314 g/mol. The van der Waals surface area contributed by atoms with Crippen molar-refractivity contribution in [2.75, 3.05) is 0 Å². The number of aliphatic hydroxyl groups excluding tert-OH is 1. The number of hydrogen-bond donors (Lipinski definition) is 1. The van der Waals surface area contributed by atoms with Crippen molar-refractivity contribution >= 4 is 0 Å². The lowest BCUT2D eigenvalue weighted by Gasteiger charge is -2.31. The van der Waals surface area contributed by atoms with Crippen LogP contribution in [-0.2, 0) is 0 Å². The van der Waals surface area contributed by atoms with E-state index in [4.69, 9.17) is 0 Å². The van der Waals surface area contributed by atoms with Gasteiger partial charge in [-0.25, -0.2) is 9.37 Å². The standard InChI is InChI=1S/C19H23FN2O/c1-12-5-7-13(8-6-12)18(23)9-16-19-14(3-2-4-15(19)20)17-10-21-11-22(16)17/h2-4,10-13,16,18,23H,5-9H2,1H3/t12-,13-,16-,18+/m0/s1. The Morgan fingerprint density at radius 1 is 1.30 bits per heavy atom. The highest BCUT2D eigenvalue weighted by Gasteiger charge is 2.35. The number of aliphatic hydroxyl groups is 1. The van der Waals surface area contributed by atoms with E-state index in [9.17, 15) is 9.50 Å². The quantitative estimate of drug-likeness (QED) is 0.923. The Bertz CT molecular complexity index is 703. The maximum absolute atomic E-state index is 14.4. The summed E-state index contributed by atoms with van der Waals surface area (Å²) in [6.45, 7) is 2.28. The molecule has 1 N–H and O–H groups in total. The van der Waals surface area contributed by atoms with Gasteiger partial charge in [-0.1, -0.05) is 31.9 Å². The second kappa shape index (κ2) is 5.75. The SMILES string of the molecule is C[C@H]1CC[C@H]([C@H](O)C[C@H]2c3c(F)cccc3-c3cncn32)CC1. The van der Waals surface area contributed by atoms with E-state index in [0.717, 1.165) is 30.0 Å². The summed E-state index contributed by atoms with van der Waals surface area (Å²) in [6.07, 6.45) is 8.26. The van der Waals surface area contributed by atoms with Crippen molar-refractivity contribution in [3.05, 3.63) is 42.1 Å². The van der Waals surface area contributed by atoms with E-state index in [2.05, 4.69) is 11.9 Å². The minimum Gasteiger partial charge on any atom is -0.393 e. The van der Waals surface area contributed by atoms with Crippen molar-refractivity contribution < 1.29 is 9.50 Å². The van der Waals surface area contributed by atoms with E-state index in [1.54, 1.807) is 18.6 Å². The van der Waals surface area contributed by atoms with Crippen LogP contribution in [0, 0.1) is 17.7 Å². The van der Waals surface area contributed by atoms with E-state index in [1.807, 2.05) is 10.6 Å². The second-order valence-corrected chi connectivity index (χ2v) is 7.23. The summed E-state index contributed by atoms with van der Waals surface area (Å²) in [5, 5.41) is 10.7. The Morgan fingerprint density at radius 2 is 2.09 bits per heavy atom. The van der Waals surface area contributed by atoms with Crippen LogP contribution in [0.25, 0.3) is 11.3 Å². The number of hydrogen-bond acceptors (Lipinski definition) is 2. The first-order valence-electron chi connectivity index (χ1n) is 8.64. The molecule has 0 bridgehead atoms. The topological polar surface area (TPSA) is 38.1 Å². The number of halogens is 1. The van der Waals surface area contributed by atoms with Crippen molar-refractivity contribution in [3.8, 4) is 11.3 Å². The largest absolute Gasteiger partial charge is 0.393 e. The van der Waals surface area contributed by atoms with Gasteiger partial charge in [-0.2, -0.15) is 0 Å². The molecule has 2 heterocycles. The molecular weight excluding hydrogens is 291 g/mol. The average molecular weight is 314 g/mol. The fourth-order valence-corrected chi connectivity index (χ4v) is 4.32. The fraction of sp³-hybridized carbons (Fsp3) is 0.526. The van der Waals surface area contributed by atoms with Crippen LogP contribution in [0.1, 0.15) is 50.6 Å². The summed E-state index contributed by atoms with van der Waals surface area (Å²) < 4.78 is 16.4. The lowest BCUT2D eigenvalue weighted by molar-refractivity contribution is 0.0605. The molecule has 0 unspecified atom stereocenters. The number of fused-ring (bicyclic) bond motifs is 3. The molecule has 122 valence electrons. The maximum atomic E-state index is 14.4. The Labute approximate surface area is 136 Å². The highest BCUT2D eigenvalue weighted by molar-refractivity contribution is 5.69. The van der Waals surface area contributed by atoms with E-state index in [0.29, 0.717) is 17.9 Å². The molecule has 0 radical (unpaired) electrons. The van der Waals surface area contributed by atoms with Crippen LogP contribution < -0.4 is 0 Å². The maximum Gasteiger partial charge on any atom is 0.129 e. The van der Waals surface area contributed by atoms with E-state index in [1.165, 1.54) is 18.9 Å². The molecule has 4 heteroatoms. The van der Waals surface area contributed by atoms with Gasteiger partial charge in [-0.05, 0) is 37.2 Å². The second-order valence-electron chi connectivity index (χ2n) is 7.23. The summed E-state index contributed by atoms with van der Waals surface area (Å²) >= 11 is 0. The third kappa shape index (κ3) is 2.49. The van der Waals surface area contributed by atoms with Gasteiger partial charge in [0.1, 0.15) is 5.82 Å². The van der Waals surface area contributed by atoms with Crippen molar-refractivity contribution in [2.24, 2.45) is 11.8 Å². The van der Waals surface area contributed by atoms with Gasteiger partial charge in [0.05, 0.1) is 30.4 Å². The Morgan fingerprint density at radius 3 is 2.87 bits per heavy atom. The van der Waals surface area contributed by atoms with Crippen molar-refractivity contribution in [1.82, 2.24) is 9.55 Å². The van der Waals surface area contributed by atoms with Gasteiger partial charge < -0.3 is 9.67 Å². The van der Waals surface area contributed by atoms with Crippen LogP contribution in [0.3, 0.4) is 0 Å². The lowest BCUT2D eigenvalue weighted by Crippen LogP contribution is -2.28. The zero-order chi connectivity index (χ0) is 16.0. The molecule has 0 spiro atoms. The first-order valence-corrected chi connectivity index (χ1v) is 8.64. The molecule has 23 heavy (non-hydrogen) atoms. The van der Waals surface area contributed by atoms with Gasteiger partial charge in [0, 0.05) is 11.1 Å². The molecule has 0 amide bonds. The number of benzene rings is 1. The van der Waals surface area contributed by atoms with Gasteiger partial charge in [-0.15, -0.1) is 0 Å². The summed E-state index contributed by atoms with van der Waals surface area (Å²) in [7, 11) is 0. The first kappa shape index (κ1) is 14.9. The minimum absolute atomic E-state index is 0.141. The van der Waals surface area contributed by atoms with Crippen LogP contribution in [0.15, 0.2) is 30.7 Å². The molecule has 2 aliphatic rings. The molecule has 1 fully saturated rings.